The largest absolute Gasteiger partial charge is 0.414 e. The molecule has 0 saturated carbocycles. The summed E-state index contributed by atoms with van der Waals surface area (Å²) in [5.41, 5.74) is -0.980. The van der Waals surface area contributed by atoms with Gasteiger partial charge in [0.1, 0.15) is 24.7 Å². The lowest BCUT2D eigenvalue weighted by molar-refractivity contribution is -0.0561. The van der Waals surface area contributed by atoms with Crippen LogP contribution in [0, 0.1) is 0 Å². The topological polar surface area (TPSA) is 154 Å². The Kier molecular flexibility index (Phi) is 14.4. The quantitative estimate of drug-likeness (QED) is 0.204. The van der Waals surface area contributed by atoms with Crippen LogP contribution >= 0.6 is 0 Å². The first-order chi connectivity index (χ1) is 27.5. The highest BCUT2D eigenvalue weighted by molar-refractivity contribution is 6.84. The first-order valence-corrected chi connectivity index (χ1v) is 31.8. The van der Waals surface area contributed by atoms with E-state index in [1.54, 1.807) is 12.3 Å². The Labute approximate surface area is 362 Å². The highest BCUT2D eigenvalue weighted by atomic mass is 28.5. The molecule has 5 rings (SSSR count). The minimum Gasteiger partial charge on any atom is -0.414 e. The summed E-state index contributed by atoms with van der Waals surface area (Å²) in [4.78, 5) is 47.6. The lowest BCUT2D eigenvalue weighted by atomic mass is 10.2. The molecule has 1 N–H and O–H groups in total. The van der Waals surface area contributed by atoms with Crippen molar-refractivity contribution in [3.05, 3.63) is 49.7 Å². The summed E-state index contributed by atoms with van der Waals surface area (Å²) in [6, 6.07) is 2.93. The average Bonchev–Trinajstić information content (AvgIpc) is 3.67. The number of nitrogens with zero attached hydrogens (tertiary/aromatic N) is 3. The van der Waals surface area contributed by atoms with Crippen LogP contribution in [0.5, 0.6) is 0 Å². The van der Waals surface area contributed by atoms with E-state index in [2.05, 4.69) is 133 Å². The molecule has 3 fully saturated rings. The maximum absolute atomic E-state index is 14.0. The van der Waals surface area contributed by atoms with E-state index in [0.717, 1.165) is 0 Å². The van der Waals surface area contributed by atoms with E-state index < -0.39 is 81.5 Å². The second-order valence-corrected chi connectivity index (χ2v) is 40.0. The summed E-state index contributed by atoms with van der Waals surface area (Å²) < 4.78 is 51.2. The standard InChI is InChI=1S/C42H76N4O10Si4/c1-26(2)59(27(3)4)51-25-35-33(55-60(56-59,28(5)6)29(7)8)23-38(53-35)46-31(21-36(47)44-40(46)49)30-19-20-45(39(48)43-30)37-22-32(54-58(17,18)42(12,13)14)34(52-37)24-50-57(15,16)41(9,10)11/h19-21,26-29,32-35,37-38H,22-25H2,1-18H3,(H,44,47,49)/t32-,33-,34+,35+,37+,38+/m0/s1. The van der Waals surface area contributed by atoms with Gasteiger partial charge in [-0.3, -0.25) is 18.9 Å². The summed E-state index contributed by atoms with van der Waals surface area (Å²) >= 11 is 0. The van der Waals surface area contributed by atoms with Crippen LogP contribution in [0.4, 0.5) is 0 Å². The molecule has 0 aliphatic carbocycles. The smallest absolute Gasteiger partial charge is 0.350 e. The minimum atomic E-state index is -2.95. The highest BCUT2D eigenvalue weighted by Gasteiger charge is 2.60. The Hall–Kier alpha value is -1.85. The second-order valence-electron chi connectivity index (χ2n) is 21.5. The third kappa shape index (κ3) is 9.63. The zero-order valence-corrected chi connectivity index (χ0v) is 43.8. The molecule has 6 atom stereocenters. The van der Waals surface area contributed by atoms with Gasteiger partial charge in [0.05, 0.1) is 36.8 Å². The number of H-pyrrole nitrogens is 1. The van der Waals surface area contributed by atoms with Crippen LogP contribution in [-0.4, -0.2) is 90.5 Å². The van der Waals surface area contributed by atoms with Crippen LogP contribution in [0.15, 0.2) is 32.7 Å². The van der Waals surface area contributed by atoms with E-state index in [4.69, 9.17) is 31.3 Å². The molecule has 18 heteroatoms. The van der Waals surface area contributed by atoms with Crippen molar-refractivity contribution >= 4 is 33.8 Å². The van der Waals surface area contributed by atoms with Crippen LogP contribution in [0.1, 0.15) is 122 Å². The minimum absolute atomic E-state index is 0.0102. The van der Waals surface area contributed by atoms with Gasteiger partial charge in [-0.1, -0.05) is 96.9 Å². The maximum atomic E-state index is 14.0. The van der Waals surface area contributed by atoms with Crippen molar-refractivity contribution in [2.45, 2.75) is 205 Å². The molecule has 0 spiro atoms. The van der Waals surface area contributed by atoms with Crippen LogP contribution in [-0.2, 0) is 31.3 Å². The van der Waals surface area contributed by atoms with Crippen molar-refractivity contribution in [3.8, 4) is 11.4 Å². The molecule has 2 aromatic rings. The van der Waals surface area contributed by atoms with Crippen molar-refractivity contribution in [1.82, 2.24) is 19.1 Å². The number of hydrogen-bond acceptors (Lipinski definition) is 11. The third-order valence-electron chi connectivity index (χ3n) is 14.0. The fraction of sp³-hybridized carbons (Fsp3) is 0.810. The average molecular weight is 909 g/mol. The van der Waals surface area contributed by atoms with Crippen molar-refractivity contribution < 1.29 is 31.3 Å². The Bertz CT molecular complexity index is 1980. The van der Waals surface area contributed by atoms with Gasteiger partial charge in [0.15, 0.2) is 16.6 Å². The fourth-order valence-corrected chi connectivity index (χ4v) is 21.9. The molecular formula is C42H76N4O10Si4. The van der Waals surface area contributed by atoms with Crippen LogP contribution < -0.4 is 16.9 Å². The van der Waals surface area contributed by atoms with Crippen LogP contribution in [0.3, 0.4) is 0 Å². The monoisotopic (exact) mass is 908 g/mol. The molecule has 0 unspecified atom stereocenters. The van der Waals surface area contributed by atoms with Crippen molar-refractivity contribution in [1.29, 1.82) is 0 Å². The zero-order chi connectivity index (χ0) is 45.1. The number of nitrogens with one attached hydrogen (secondary N) is 1. The predicted octanol–water partition coefficient (Wildman–Crippen LogP) is 8.70. The van der Waals surface area contributed by atoms with Gasteiger partial charge in [-0.25, -0.2) is 9.59 Å². The zero-order valence-electron chi connectivity index (χ0n) is 39.8. The molecule has 3 saturated heterocycles. The Morgan fingerprint density at radius 3 is 1.93 bits per heavy atom. The number of aromatic amines is 1. The molecule has 3 aliphatic heterocycles. The number of hydrogen-bond donors (Lipinski definition) is 1. The SMILES string of the molecule is CC(C)[Si]1(C(C)C)OC[C@H]2O[C@@H](n3c(-c4ccn([C@H]5C[C@H](O[Si](C)(C)C(C)(C)C)[C@@H](CO[Si](C)(C)C(C)(C)C)O5)c(=O)n4)cc(=O)[nH]c3=O)C[C@@H]2O[Si](C(C)C)(C(C)C)O1. The molecule has 0 bridgehead atoms. The summed E-state index contributed by atoms with van der Waals surface area (Å²) in [6.45, 7) is 40.0. The summed E-state index contributed by atoms with van der Waals surface area (Å²) in [6.07, 6.45) is -0.726. The lowest BCUT2D eigenvalue weighted by Gasteiger charge is -2.51. The summed E-state index contributed by atoms with van der Waals surface area (Å²) in [7, 11) is -10.1. The fourth-order valence-electron chi connectivity index (χ4n) is 8.26. The van der Waals surface area contributed by atoms with Gasteiger partial charge >= 0.3 is 28.5 Å². The normalized spacial score (nSPS) is 26.6. The molecular weight excluding hydrogens is 833 g/mol. The Balaban J connectivity index is 1.48. The first-order valence-electron chi connectivity index (χ1n) is 22.1. The summed E-state index contributed by atoms with van der Waals surface area (Å²) in [5.74, 6) is 0. The van der Waals surface area contributed by atoms with Crippen LogP contribution in [0.25, 0.3) is 11.4 Å². The van der Waals surface area contributed by atoms with E-state index in [1.807, 2.05) is 0 Å². The van der Waals surface area contributed by atoms with Gasteiger partial charge in [-0.2, -0.15) is 4.98 Å². The molecule has 5 heterocycles. The van der Waals surface area contributed by atoms with E-state index in [9.17, 15) is 14.4 Å². The lowest BCUT2D eigenvalue weighted by Crippen LogP contribution is -2.65. The molecule has 60 heavy (non-hydrogen) atoms. The summed E-state index contributed by atoms with van der Waals surface area (Å²) in [5, 5.41) is -0.0237. The predicted molar refractivity (Wildman–Crippen MR) is 245 cm³/mol. The third-order valence-corrected chi connectivity index (χ3v) is 33.3. The molecule has 340 valence electrons. The van der Waals surface area contributed by atoms with Crippen molar-refractivity contribution in [3.63, 3.8) is 0 Å². The molecule has 3 aliphatic rings. The molecule has 2 aromatic heterocycles. The van der Waals surface area contributed by atoms with Gasteiger partial charge in [0.2, 0.25) is 0 Å². The van der Waals surface area contributed by atoms with Crippen molar-refractivity contribution in [2.24, 2.45) is 0 Å². The van der Waals surface area contributed by atoms with Crippen molar-refractivity contribution in [2.75, 3.05) is 13.2 Å². The number of rotatable bonds is 12. The van der Waals surface area contributed by atoms with E-state index in [-0.39, 0.29) is 56.3 Å². The highest BCUT2D eigenvalue weighted by Crippen LogP contribution is 2.49. The van der Waals surface area contributed by atoms with Crippen LogP contribution in [0.2, 0.25) is 58.4 Å². The van der Waals surface area contributed by atoms with Gasteiger partial charge < -0.3 is 31.3 Å². The molecule has 0 radical (unpaired) electrons. The number of aromatic nitrogens is 4. The Morgan fingerprint density at radius 1 is 0.817 bits per heavy atom. The molecule has 14 nitrogen and oxygen atoms in total. The number of ether oxygens (including phenoxy) is 2. The van der Waals surface area contributed by atoms with Gasteiger partial charge in [-0.05, 0) is 64.5 Å². The second kappa shape index (κ2) is 17.6. The van der Waals surface area contributed by atoms with E-state index in [0.29, 0.717) is 19.4 Å². The molecule has 0 amide bonds. The number of fused-ring (bicyclic) bond motifs is 1. The van der Waals surface area contributed by atoms with Gasteiger partial charge in [0.25, 0.3) is 5.56 Å². The van der Waals surface area contributed by atoms with E-state index in [1.165, 1.54) is 15.2 Å². The maximum Gasteiger partial charge on any atom is 0.350 e. The molecule has 0 aromatic carbocycles. The van der Waals surface area contributed by atoms with Gasteiger partial charge in [0, 0.05) is 25.1 Å². The Morgan fingerprint density at radius 2 is 1.40 bits per heavy atom. The van der Waals surface area contributed by atoms with Gasteiger partial charge in [-0.15, -0.1) is 0 Å². The first kappa shape index (κ1) is 49.2. The van der Waals surface area contributed by atoms with E-state index >= 15 is 0 Å².